The van der Waals surface area contributed by atoms with E-state index in [1.54, 1.807) is 26.0 Å². The highest BCUT2D eigenvalue weighted by Crippen LogP contribution is 2.30. The van der Waals surface area contributed by atoms with Crippen molar-refractivity contribution in [2.45, 2.75) is 33.6 Å². The molecule has 0 radical (unpaired) electrons. The number of benzene rings is 1. The van der Waals surface area contributed by atoms with Gasteiger partial charge in [-0.15, -0.1) is 0 Å². The van der Waals surface area contributed by atoms with E-state index in [9.17, 15) is 5.11 Å². The van der Waals surface area contributed by atoms with E-state index in [0.717, 1.165) is 12.8 Å². The van der Waals surface area contributed by atoms with E-state index in [-0.39, 0.29) is 5.75 Å². The van der Waals surface area contributed by atoms with Crippen molar-refractivity contribution in [3.8, 4) is 22.9 Å². The number of phenols is 1. The van der Waals surface area contributed by atoms with Gasteiger partial charge in [-0.2, -0.15) is 0 Å². The number of phenolic OH excluding ortho intramolecular Hbond substituents is 1. The number of ether oxygens (including phenoxy) is 1. The Kier molecular flexibility index (Phi) is 4.50. The second-order valence-corrected chi connectivity index (χ2v) is 4.63. The lowest BCUT2D eigenvalue weighted by atomic mass is 10.2. The molecular formula is C15H19N3O2. The molecule has 0 aliphatic heterocycles. The summed E-state index contributed by atoms with van der Waals surface area (Å²) in [5.74, 6) is 2.52. The molecule has 0 aliphatic rings. The molecule has 2 rings (SSSR count). The molecule has 1 N–H and O–H groups in total. The summed E-state index contributed by atoms with van der Waals surface area (Å²) >= 11 is 0. The standard InChI is InChI=1S/C15H19N3O2/c1-4-5-8-20-12-6-7-13(14(19)9-12)15-17-10(2)16-11(3)18-15/h6-7,9,19H,4-5,8H2,1-3H3. The van der Waals surface area contributed by atoms with Crippen molar-refractivity contribution < 1.29 is 9.84 Å². The van der Waals surface area contributed by atoms with Crippen LogP contribution in [0, 0.1) is 13.8 Å². The first kappa shape index (κ1) is 14.2. The van der Waals surface area contributed by atoms with Crippen LogP contribution >= 0.6 is 0 Å². The maximum absolute atomic E-state index is 10.1. The van der Waals surface area contributed by atoms with Gasteiger partial charge >= 0.3 is 0 Å². The zero-order valence-corrected chi connectivity index (χ0v) is 12.1. The molecule has 0 fully saturated rings. The van der Waals surface area contributed by atoms with Crippen molar-refractivity contribution >= 4 is 0 Å². The minimum atomic E-state index is 0.115. The number of nitrogens with zero attached hydrogens (tertiary/aromatic N) is 3. The molecule has 0 saturated carbocycles. The van der Waals surface area contributed by atoms with Gasteiger partial charge in [-0.25, -0.2) is 15.0 Å². The molecule has 5 heteroatoms. The van der Waals surface area contributed by atoms with Crippen LogP contribution in [0.3, 0.4) is 0 Å². The Morgan fingerprint density at radius 2 is 1.80 bits per heavy atom. The van der Waals surface area contributed by atoms with E-state index in [1.807, 2.05) is 6.07 Å². The van der Waals surface area contributed by atoms with Gasteiger partial charge in [-0.3, -0.25) is 0 Å². The minimum Gasteiger partial charge on any atom is -0.507 e. The van der Waals surface area contributed by atoms with Crippen molar-refractivity contribution in [2.75, 3.05) is 6.61 Å². The topological polar surface area (TPSA) is 68.1 Å². The summed E-state index contributed by atoms with van der Waals surface area (Å²) in [6.45, 7) is 6.36. The van der Waals surface area contributed by atoms with E-state index in [0.29, 0.717) is 35.4 Å². The molecule has 0 unspecified atom stereocenters. The molecule has 0 amide bonds. The Morgan fingerprint density at radius 1 is 1.10 bits per heavy atom. The zero-order valence-electron chi connectivity index (χ0n) is 12.1. The Hall–Kier alpha value is -2.17. The van der Waals surface area contributed by atoms with Crippen LogP contribution in [0.15, 0.2) is 18.2 Å². The van der Waals surface area contributed by atoms with Gasteiger partial charge in [0.2, 0.25) is 0 Å². The number of hydrogen-bond acceptors (Lipinski definition) is 5. The molecule has 0 saturated heterocycles. The third-order valence-corrected chi connectivity index (χ3v) is 2.84. The minimum absolute atomic E-state index is 0.115. The second-order valence-electron chi connectivity index (χ2n) is 4.63. The first-order valence-corrected chi connectivity index (χ1v) is 6.75. The van der Waals surface area contributed by atoms with Gasteiger partial charge in [0.1, 0.15) is 23.1 Å². The van der Waals surface area contributed by atoms with Gasteiger partial charge in [0.15, 0.2) is 5.82 Å². The first-order chi connectivity index (χ1) is 9.60. The molecule has 1 aromatic heterocycles. The van der Waals surface area contributed by atoms with E-state index >= 15 is 0 Å². The smallest absolute Gasteiger partial charge is 0.167 e. The van der Waals surface area contributed by atoms with Crippen LogP contribution in [0.1, 0.15) is 31.4 Å². The summed E-state index contributed by atoms with van der Waals surface area (Å²) in [4.78, 5) is 12.6. The number of hydrogen-bond donors (Lipinski definition) is 1. The molecule has 0 atom stereocenters. The Morgan fingerprint density at radius 3 is 2.40 bits per heavy atom. The van der Waals surface area contributed by atoms with E-state index in [4.69, 9.17) is 4.74 Å². The SMILES string of the molecule is CCCCOc1ccc(-c2nc(C)nc(C)n2)c(O)c1. The molecule has 0 spiro atoms. The summed E-state index contributed by atoms with van der Waals surface area (Å²) in [6.07, 6.45) is 2.07. The number of aryl methyl sites for hydroxylation is 2. The van der Waals surface area contributed by atoms with Crippen molar-refractivity contribution in [3.63, 3.8) is 0 Å². The van der Waals surface area contributed by atoms with Crippen LogP contribution in [-0.4, -0.2) is 26.7 Å². The number of aromatic nitrogens is 3. The summed E-state index contributed by atoms with van der Waals surface area (Å²) in [7, 11) is 0. The van der Waals surface area contributed by atoms with Crippen LogP contribution in [0.2, 0.25) is 0 Å². The Balaban J connectivity index is 2.25. The largest absolute Gasteiger partial charge is 0.507 e. The van der Waals surface area contributed by atoms with Gasteiger partial charge < -0.3 is 9.84 Å². The highest BCUT2D eigenvalue weighted by molar-refractivity contribution is 5.65. The molecule has 2 aromatic rings. The molecule has 106 valence electrons. The molecule has 0 bridgehead atoms. The first-order valence-electron chi connectivity index (χ1n) is 6.75. The van der Waals surface area contributed by atoms with Crippen LogP contribution < -0.4 is 4.74 Å². The fourth-order valence-corrected chi connectivity index (χ4v) is 1.86. The second kappa shape index (κ2) is 6.32. The predicted molar refractivity (Wildman–Crippen MR) is 76.8 cm³/mol. The van der Waals surface area contributed by atoms with Crippen molar-refractivity contribution in [3.05, 3.63) is 29.8 Å². The molecular weight excluding hydrogens is 254 g/mol. The summed E-state index contributed by atoms with van der Waals surface area (Å²) in [6, 6.07) is 5.18. The van der Waals surface area contributed by atoms with Crippen molar-refractivity contribution in [2.24, 2.45) is 0 Å². The van der Waals surface area contributed by atoms with Gasteiger partial charge in [0.25, 0.3) is 0 Å². The molecule has 5 nitrogen and oxygen atoms in total. The third kappa shape index (κ3) is 3.44. The van der Waals surface area contributed by atoms with Gasteiger partial charge in [0.05, 0.1) is 12.2 Å². The quantitative estimate of drug-likeness (QED) is 0.848. The Labute approximate surface area is 118 Å². The highest BCUT2D eigenvalue weighted by Gasteiger charge is 2.10. The monoisotopic (exact) mass is 273 g/mol. The lowest BCUT2D eigenvalue weighted by Crippen LogP contribution is -2.00. The lowest BCUT2D eigenvalue weighted by molar-refractivity contribution is 0.307. The summed E-state index contributed by atoms with van der Waals surface area (Å²) < 4.78 is 5.55. The number of aromatic hydroxyl groups is 1. The molecule has 1 aromatic carbocycles. The van der Waals surface area contributed by atoms with Gasteiger partial charge in [-0.1, -0.05) is 13.3 Å². The van der Waals surface area contributed by atoms with Gasteiger partial charge in [-0.05, 0) is 32.4 Å². The van der Waals surface area contributed by atoms with Crippen LogP contribution in [0.4, 0.5) is 0 Å². The van der Waals surface area contributed by atoms with E-state index in [1.165, 1.54) is 0 Å². The predicted octanol–water partition coefficient (Wildman–Crippen LogP) is 3.04. The van der Waals surface area contributed by atoms with Crippen LogP contribution in [-0.2, 0) is 0 Å². The third-order valence-electron chi connectivity index (χ3n) is 2.84. The average Bonchev–Trinajstić information content (AvgIpc) is 2.38. The summed E-state index contributed by atoms with van der Waals surface area (Å²) in [5, 5.41) is 10.1. The molecule has 20 heavy (non-hydrogen) atoms. The molecule has 1 heterocycles. The highest BCUT2D eigenvalue weighted by atomic mass is 16.5. The lowest BCUT2D eigenvalue weighted by Gasteiger charge is -2.09. The van der Waals surface area contributed by atoms with Crippen molar-refractivity contribution in [1.82, 2.24) is 15.0 Å². The van der Waals surface area contributed by atoms with Crippen molar-refractivity contribution in [1.29, 1.82) is 0 Å². The number of rotatable bonds is 5. The van der Waals surface area contributed by atoms with Gasteiger partial charge in [0, 0.05) is 6.07 Å². The summed E-state index contributed by atoms with van der Waals surface area (Å²) in [5.41, 5.74) is 0.585. The maximum Gasteiger partial charge on any atom is 0.167 e. The Bertz CT molecular complexity index is 579. The fourth-order valence-electron chi connectivity index (χ4n) is 1.86. The number of unbranched alkanes of at least 4 members (excludes halogenated alkanes) is 1. The van der Waals surface area contributed by atoms with Crippen LogP contribution in [0.5, 0.6) is 11.5 Å². The molecule has 0 aliphatic carbocycles. The van der Waals surface area contributed by atoms with E-state index < -0.39 is 0 Å². The van der Waals surface area contributed by atoms with Crippen LogP contribution in [0.25, 0.3) is 11.4 Å². The average molecular weight is 273 g/mol. The maximum atomic E-state index is 10.1. The normalized spacial score (nSPS) is 10.6. The zero-order chi connectivity index (χ0) is 14.5. The van der Waals surface area contributed by atoms with E-state index in [2.05, 4.69) is 21.9 Å². The fraction of sp³-hybridized carbons (Fsp3) is 0.400.